The van der Waals surface area contributed by atoms with Crippen LogP contribution in [-0.4, -0.2) is 68.2 Å². The molecular weight excluding hydrogens is 602 g/mol. The summed E-state index contributed by atoms with van der Waals surface area (Å²) in [7, 11) is 0. The maximum atomic E-state index is 13.4. The molecule has 47 heavy (non-hydrogen) atoms. The normalized spacial score (nSPS) is 15.7. The van der Waals surface area contributed by atoms with Gasteiger partial charge in [-0.1, -0.05) is 48.5 Å². The monoisotopic (exact) mass is 637 g/mol. The van der Waals surface area contributed by atoms with E-state index in [-0.39, 0.29) is 18.9 Å². The number of rotatable bonds is 12. The predicted octanol–water partition coefficient (Wildman–Crippen LogP) is 5.21. The molecule has 1 fully saturated rings. The van der Waals surface area contributed by atoms with E-state index in [1.807, 2.05) is 54.6 Å². The summed E-state index contributed by atoms with van der Waals surface area (Å²) in [5, 5.41) is 16.3. The van der Waals surface area contributed by atoms with Gasteiger partial charge in [-0.15, -0.1) is 0 Å². The van der Waals surface area contributed by atoms with Crippen LogP contribution in [0.25, 0.3) is 21.9 Å². The van der Waals surface area contributed by atoms with Gasteiger partial charge in [0.1, 0.15) is 36.3 Å². The van der Waals surface area contributed by atoms with Gasteiger partial charge < -0.3 is 35.1 Å². The molecule has 0 spiro atoms. The first-order chi connectivity index (χ1) is 22.9. The summed E-state index contributed by atoms with van der Waals surface area (Å²) in [4.78, 5) is 55.7. The summed E-state index contributed by atoms with van der Waals surface area (Å²) in [6.45, 7) is 2.97. The van der Waals surface area contributed by atoms with Crippen LogP contribution in [0, 0.1) is 0 Å². The Kier molecular flexibility index (Phi) is 9.41. The molecule has 13 heteroatoms. The van der Waals surface area contributed by atoms with E-state index in [2.05, 4.69) is 35.5 Å². The van der Waals surface area contributed by atoms with Crippen LogP contribution < -0.4 is 20.3 Å². The second-order valence-electron chi connectivity index (χ2n) is 11.4. The topological polar surface area (TPSA) is 172 Å². The van der Waals surface area contributed by atoms with Crippen molar-refractivity contribution in [2.45, 2.75) is 50.8 Å². The average Bonchev–Trinajstić information content (AvgIpc) is 3.76. The number of nitrogens with zero attached hydrogens (tertiary/aromatic N) is 4. The molecule has 242 valence electrons. The first-order valence-electron chi connectivity index (χ1n) is 15.5. The maximum Gasteiger partial charge on any atom is 0.408 e. The van der Waals surface area contributed by atoms with Crippen molar-refractivity contribution in [3.63, 3.8) is 0 Å². The second-order valence-corrected chi connectivity index (χ2v) is 11.4. The minimum atomic E-state index is -1.14. The molecule has 0 bridgehead atoms. The molecule has 1 aliphatic rings. The lowest BCUT2D eigenvalue weighted by molar-refractivity contribution is -0.137. The third-order valence-electron chi connectivity index (χ3n) is 8.20. The number of carboxylic acid groups (broad SMARTS) is 1. The summed E-state index contributed by atoms with van der Waals surface area (Å²) in [5.41, 5.74) is 2.66. The molecule has 13 nitrogen and oxygen atoms in total. The van der Waals surface area contributed by atoms with Crippen LogP contribution in [-0.2, 0) is 14.3 Å². The number of carbonyl (C=O) groups is 3. The van der Waals surface area contributed by atoms with Gasteiger partial charge in [0.2, 0.25) is 5.91 Å². The zero-order valence-electron chi connectivity index (χ0n) is 25.8. The summed E-state index contributed by atoms with van der Waals surface area (Å²) >= 11 is 0. The van der Waals surface area contributed by atoms with E-state index in [4.69, 9.17) is 9.47 Å². The highest BCUT2D eigenvalue weighted by atomic mass is 16.6. The third-order valence-corrected chi connectivity index (χ3v) is 8.20. The molecule has 1 aliphatic heterocycles. The quantitative estimate of drug-likeness (QED) is 0.142. The van der Waals surface area contributed by atoms with E-state index < -0.39 is 30.1 Å². The number of imidazole rings is 1. The Hall–Kier alpha value is -5.72. The van der Waals surface area contributed by atoms with Crippen molar-refractivity contribution in [1.82, 2.24) is 25.3 Å². The molecule has 2 aromatic heterocycles. The van der Waals surface area contributed by atoms with Crippen LogP contribution in [0.1, 0.15) is 44.3 Å². The first kappa shape index (κ1) is 31.3. The minimum Gasteiger partial charge on any atom is -0.491 e. The number of nitrogens with one attached hydrogen (secondary N) is 3. The summed E-state index contributed by atoms with van der Waals surface area (Å²) in [6, 6.07) is 19.3. The summed E-state index contributed by atoms with van der Waals surface area (Å²) < 4.78 is 11.8. The molecule has 0 aliphatic carbocycles. The van der Waals surface area contributed by atoms with Crippen LogP contribution in [0.5, 0.6) is 5.75 Å². The van der Waals surface area contributed by atoms with Gasteiger partial charge in [0.25, 0.3) is 0 Å². The highest BCUT2D eigenvalue weighted by molar-refractivity contribution is 5.99. The summed E-state index contributed by atoms with van der Waals surface area (Å²) in [6.07, 6.45) is 3.23. The zero-order chi connectivity index (χ0) is 32.8. The van der Waals surface area contributed by atoms with E-state index in [0.717, 1.165) is 47.1 Å². The molecule has 3 atom stereocenters. The first-order valence-corrected chi connectivity index (χ1v) is 15.5. The van der Waals surface area contributed by atoms with Crippen molar-refractivity contribution in [1.29, 1.82) is 0 Å². The van der Waals surface area contributed by atoms with E-state index in [9.17, 15) is 19.5 Å². The summed E-state index contributed by atoms with van der Waals surface area (Å²) in [5.74, 6) is -0.202. The van der Waals surface area contributed by atoms with Gasteiger partial charge in [0.05, 0.1) is 12.4 Å². The van der Waals surface area contributed by atoms with Crippen LogP contribution >= 0.6 is 0 Å². The number of hydrogen-bond donors (Lipinski definition) is 4. The Labute approximate surface area is 270 Å². The molecule has 6 rings (SSSR count). The van der Waals surface area contributed by atoms with Crippen molar-refractivity contribution in [2.24, 2.45) is 0 Å². The lowest BCUT2D eigenvalue weighted by Gasteiger charge is -2.26. The lowest BCUT2D eigenvalue weighted by Crippen LogP contribution is -2.44. The number of benzene rings is 3. The van der Waals surface area contributed by atoms with Crippen LogP contribution in [0.15, 0.2) is 79.4 Å². The Bertz CT molecular complexity index is 1880. The van der Waals surface area contributed by atoms with Gasteiger partial charge in [-0.2, -0.15) is 0 Å². The number of H-pyrrole nitrogens is 1. The Morgan fingerprint density at radius 2 is 1.91 bits per heavy atom. The van der Waals surface area contributed by atoms with E-state index in [1.54, 1.807) is 25.4 Å². The number of hydrogen-bond acceptors (Lipinski definition) is 9. The van der Waals surface area contributed by atoms with Crippen LogP contribution in [0.2, 0.25) is 0 Å². The number of carbonyl (C=O) groups excluding carboxylic acids is 2. The maximum absolute atomic E-state index is 13.4. The van der Waals surface area contributed by atoms with Crippen LogP contribution in [0.4, 0.5) is 16.3 Å². The highest BCUT2D eigenvalue weighted by Crippen LogP contribution is 2.32. The highest BCUT2D eigenvalue weighted by Gasteiger charge is 2.29. The Morgan fingerprint density at radius 1 is 1.06 bits per heavy atom. The molecule has 1 saturated heterocycles. The standard InChI is InChI=1S/C34H35N7O6/c1-21(22-7-3-2-4-8-22)47-34(45)40-27(14-15-29(42)43)33(44)39-24-13-12-23-9-5-11-28(26(23)17-24)46-18-25-10-6-16-41(25)32-30-31(36-19-35-30)37-20-38-32/h2-5,7-9,11-13,17,19-21,25,27H,6,10,14-16,18H2,1H3,(H,39,44)(H,40,45)(H,42,43)(H,35,36,37,38). The predicted molar refractivity (Wildman–Crippen MR) is 175 cm³/mol. The fourth-order valence-electron chi connectivity index (χ4n) is 5.79. The van der Waals surface area contributed by atoms with E-state index in [1.165, 1.54) is 6.33 Å². The molecular formula is C34H35N7O6. The molecule has 3 heterocycles. The number of alkyl carbamates (subject to hydrolysis) is 1. The number of amides is 2. The van der Waals surface area contributed by atoms with Gasteiger partial charge in [-0.05, 0) is 55.3 Å². The van der Waals surface area contributed by atoms with Crippen molar-refractivity contribution < 1.29 is 29.0 Å². The van der Waals surface area contributed by atoms with Crippen molar-refractivity contribution in [2.75, 3.05) is 23.4 Å². The number of aromatic nitrogens is 4. The minimum absolute atomic E-state index is 0.0833. The zero-order valence-corrected chi connectivity index (χ0v) is 25.8. The fourth-order valence-corrected chi connectivity index (χ4v) is 5.79. The number of aromatic amines is 1. The van der Waals surface area contributed by atoms with Gasteiger partial charge >= 0.3 is 12.1 Å². The molecule has 0 saturated carbocycles. The second kappa shape index (κ2) is 14.1. The van der Waals surface area contributed by atoms with Crippen molar-refractivity contribution >= 4 is 51.4 Å². The van der Waals surface area contributed by atoms with Crippen LogP contribution in [0.3, 0.4) is 0 Å². The lowest BCUT2D eigenvalue weighted by atomic mass is 10.1. The number of anilines is 2. The van der Waals surface area contributed by atoms with Gasteiger partial charge in [0, 0.05) is 24.0 Å². The third kappa shape index (κ3) is 7.40. The molecule has 3 aromatic carbocycles. The molecule has 0 radical (unpaired) electrons. The van der Waals surface area contributed by atoms with Crippen molar-refractivity contribution in [3.05, 3.63) is 84.9 Å². The average molecular weight is 638 g/mol. The number of carboxylic acids is 1. The Morgan fingerprint density at radius 3 is 2.74 bits per heavy atom. The largest absolute Gasteiger partial charge is 0.491 e. The fraction of sp³-hybridized carbons (Fsp3) is 0.294. The van der Waals surface area contributed by atoms with Gasteiger partial charge in [-0.3, -0.25) is 9.59 Å². The molecule has 4 N–H and O–H groups in total. The Balaban J connectivity index is 1.14. The van der Waals surface area contributed by atoms with E-state index in [0.29, 0.717) is 23.7 Å². The molecule has 5 aromatic rings. The van der Waals surface area contributed by atoms with Gasteiger partial charge in [0.15, 0.2) is 11.5 Å². The van der Waals surface area contributed by atoms with E-state index >= 15 is 0 Å². The molecule has 2 amide bonds. The number of aliphatic carboxylic acids is 1. The SMILES string of the molecule is CC(OC(=O)NC(CCC(=O)O)C(=O)Nc1ccc2cccc(OCC3CCCN3c3ncnc4nc[nH]c34)c2c1)c1ccccc1. The number of ether oxygens (including phenoxy) is 2. The molecule has 3 unspecified atom stereocenters. The number of fused-ring (bicyclic) bond motifs is 2. The smallest absolute Gasteiger partial charge is 0.408 e. The van der Waals surface area contributed by atoms with Crippen molar-refractivity contribution in [3.8, 4) is 5.75 Å². The van der Waals surface area contributed by atoms with Gasteiger partial charge in [-0.25, -0.2) is 19.7 Å².